The summed E-state index contributed by atoms with van der Waals surface area (Å²) < 4.78 is 0. The van der Waals surface area contributed by atoms with Crippen LogP contribution in [0.2, 0.25) is 0 Å². The highest BCUT2D eigenvalue weighted by atomic mass is 32.1. The molecule has 8 heterocycles. The first kappa shape index (κ1) is 53.9. The van der Waals surface area contributed by atoms with Crippen molar-refractivity contribution in [2.24, 2.45) is 0 Å². The highest BCUT2D eigenvalue weighted by molar-refractivity contribution is 7.29. The number of hydrogen-bond acceptors (Lipinski definition) is 8. The van der Waals surface area contributed by atoms with Gasteiger partial charge >= 0.3 is 0 Å². The van der Waals surface area contributed by atoms with Crippen LogP contribution in [0, 0.1) is 6.92 Å². The van der Waals surface area contributed by atoms with Crippen molar-refractivity contribution < 1.29 is 0 Å². The first-order valence-corrected chi connectivity index (χ1v) is 33.8. The van der Waals surface area contributed by atoms with Gasteiger partial charge in [0.25, 0.3) is 0 Å². The third-order valence-corrected chi connectivity index (χ3v) is 23.8. The Balaban J connectivity index is 0.793. The molecule has 0 nitrogen and oxygen atoms in total. The minimum Gasteiger partial charge on any atom is -0.140 e. The molecule has 0 spiro atoms. The molecular weight excluding hydrogens is 1060 g/mol. The molecule has 8 heteroatoms. The number of rotatable bonds is 26. The maximum Gasteiger partial charge on any atom is 0.0452 e. The van der Waals surface area contributed by atoms with Gasteiger partial charge in [0.15, 0.2) is 0 Å². The van der Waals surface area contributed by atoms with Crippen molar-refractivity contribution in [3.63, 3.8) is 0 Å². The molecule has 75 heavy (non-hydrogen) atoms. The summed E-state index contributed by atoms with van der Waals surface area (Å²) in [5, 5.41) is 0. The lowest BCUT2D eigenvalue weighted by Gasteiger charge is -2.04. The van der Waals surface area contributed by atoms with Crippen LogP contribution < -0.4 is 0 Å². The summed E-state index contributed by atoms with van der Waals surface area (Å²) in [5.41, 5.74) is 7.92. The van der Waals surface area contributed by atoms with Crippen molar-refractivity contribution in [1.82, 2.24) is 0 Å². The fourth-order valence-electron chi connectivity index (χ4n) is 9.55. The van der Waals surface area contributed by atoms with Gasteiger partial charge in [-0.05, 0) is 176 Å². The molecular formula is C67H68S8. The van der Waals surface area contributed by atoms with E-state index in [0.29, 0.717) is 0 Å². The van der Waals surface area contributed by atoms with E-state index in [1.807, 2.05) is 90.7 Å². The van der Waals surface area contributed by atoms with Crippen molar-refractivity contribution in [3.8, 4) is 69.7 Å². The van der Waals surface area contributed by atoms with Crippen molar-refractivity contribution in [2.75, 3.05) is 0 Å². The van der Waals surface area contributed by atoms with E-state index in [-0.39, 0.29) is 0 Å². The van der Waals surface area contributed by atoms with Crippen molar-refractivity contribution in [2.45, 2.75) is 124 Å². The minimum atomic E-state index is 1.13. The highest BCUT2D eigenvalue weighted by Gasteiger charge is 2.16. The zero-order chi connectivity index (χ0) is 51.3. The molecule has 0 aliphatic rings. The number of thiophene rings is 8. The molecule has 0 atom stereocenters. The summed E-state index contributed by atoms with van der Waals surface area (Å²) in [6.07, 6.45) is 28.3. The van der Waals surface area contributed by atoms with E-state index in [0.717, 1.165) is 12.8 Å². The van der Waals surface area contributed by atoms with Gasteiger partial charge in [-0.25, -0.2) is 0 Å². The van der Waals surface area contributed by atoms with Gasteiger partial charge in [0, 0.05) is 78.0 Å². The molecule has 0 bridgehead atoms. The van der Waals surface area contributed by atoms with Gasteiger partial charge in [0.1, 0.15) is 0 Å². The molecule has 0 N–H and O–H groups in total. The highest BCUT2D eigenvalue weighted by Crippen LogP contribution is 2.46. The van der Waals surface area contributed by atoms with Crippen LogP contribution in [0.5, 0.6) is 0 Å². The van der Waals surface area contributed by atoms with E-state index in [4.69, 9.17) is 0 Å². The van der Waals surface area contributed by atoms with Crippen LogP contribution in [-0.2, 0) is 19.3 Å². The molecule has 0 unspecified atom stereocenters. The Hall–Kier alpha value is -4.48. The Kier molecular flexibility index (Phi) is 19.2. The third-order valence-electron chi connectivity index (χ3n) is 13.9. The fraction of sp³-hybridized carbons (Fsp3) is 0.284. The zero-order valence-corrected chi connectivity index (χ0v) is 50.4. The van der Waals surface area contributed by atoms with Crippen LogP contribution in [0.25, 0.3) is 94.0 Å². The second-order valence-corrected chi connectivity index (χ2v) is 28.6. The lowest BCUT2D eigenvalue weighted by atomic mass is 10.0. The van der Waals surface area contributed by atoms with E-state index < -0.39 is 0 Å². The Labute approximate surface area is 479 Å². The maximum absolute atomic E-state index is 2.49. The quantitative estimate of drug-likeness (QED) is 0.0474. The summed E-state index contributed by atoms with van der Waals surface area (Å²) in [5.74, 6) is 0. The van der Waals surface area contributed by atoms with Gasteiger partial charge in [-0.2, -0.15) is 0 Å². The van der Waals surface area contributed by atoms with E-state index in [1.54, 1.807) is 0 Å². The monoisotopic (exact) mass is 1130 g/mol. The molecule has 384 valence electrons. The van der Waals surface area contributed by atoms with Crippen LogP contribution in [0.1, 0.15) is 140 Å². The van der Waals surface area contributed by atoms with Gasteiger partial charge in [-0.1, -0.05) is 139 Å². The van der Waals surface area contributed by atoms with Crippen molar-refractivity contribution in [3.05, 3.63) is 175 Å². The van der Waals surface area contributed by atoms with Gasteiger partial charge in [0.2, 0.25) is 0 Å². The first-order valence-electron chi connectivity index (χ1n) is 27.3. The standard InChI is InChI=1S/C67H68S8/c1-5-8-11-14-17-51-44-66(64-42-40-62(74-64)60-38-36-58(72-60)56-32-20-46(4)68-56)70-54(51)33-25-47-21-27-49(28-22-47)50-29-23-48(24-30-50)26-34-55-52(18-15-12-9-6-2)45-67(71-55)65-43-41-63(75-65)61-39-37-59(73-61)57-35-31-53(69-57)19-16-13-10-7-3/h20-45H,5-19H2,1-4H3. The second kappa shape index (κ2) is 26.7. The molecule has 0 amide bonds. The minimum absolute atomic E-state index is 1.13. The lowest BCUT2D eigenvalue weighted by Crippen LogP contribution is -1.85. The summed E-state index contributed by atoms with van der Waals surface area (Å²) in [4.78, 5) is 22.1. The van der Waals surface area contributed by atoms with Crippen LogP contribution in [0.15, 0.2) is 133 Å². The Morgan fingerprint density at radius 2 is 0.640 bits per heavy atom. The molecule has 0 aliphatic heterocycles. The Morgan fingerprint density at radius 3 is 1.03 bits per heavy atom. The molecule has 10 aromatic rings. The van der Waals surface area contributed by atoms with Crippen molar-refractivity contribution in [1.29, 1.82) is 0 Å². The molecule has 8 aromatic heterocycles. The number of unbranched alkanes of at least 4 members (excludes halogenated alkanes) is 9. The normalized spacial score (nSPS) is 11.9. The SMILES string of the molecule is CCCCCCc1ccc(-c2ccc(-c3ccc(-c4cc(CCCCCC)c(C=Cc5ccc(-c6ccc(C=Cc7sc(-c8ccc(-c9ccc(-c%10ccc(C)s%10)s9)s8)cc7CCCCCC)cc6)cc5)s4)s3)s2)s1. The number of hydrogen-bond donors (Lipinski definition) is 0. The predicted molar refractivity (Wildman–Crippen MR) is 347 cm³/mol. The smallest absolute Gasteiger partial charge is 0.0452 e. The summed E-state index contributed by atoms with van der Waals surface area (Å²) in [6.45, 7) is 9.07. The third kappa shape index (κ3) is 14.2. The molecule has 0 saturated heterocycles. The van der Waals surface area contributed by atoms with E-state index in [2.05, 4.69) is 185 Å². The van der Waals surface area contributed by atoms with E-state index in [1.165, 1.54) is 195 Å². The van der Waals surface area contributed by atoms with E-state index >= 15 is 0 Å². The average molecular weight is 1130 g/mol. The fourth-order valence-corrected chi connectivity index (χ4v) is 18.2. The van der Waals surface area contributed by atoms with Gasteiger partial charge in [-0.15, -0.1) is 90.7 Å². The Bertz CT molecular complexity index is 3410. The summed E-state index contributed by atoms with van der Waals surface area (Å²) in [6, 6.07) is 50.9. The van der Waals surface area contributed by atoms with Crippen LogP contribution in [0.4, 0.5) is 0 Å². The van der Waals surface area contributed by atoms with Gasteiger partial charge < -0.3 is 0 Å². The van der Waals surface area contributed by atoms with Crippen LogP contribution in [-0.4, -0.2) is 0 Å². The number of aryl methyl sites for hydroxylation is 4. The molecule has 0 aliphatic carbocycles. The summed E-state index contributed by atoms with van der Waals surface area (Å²) >= 11 is 15.5. The second-order valence-electron chi connectivity index (χ2n) is 19.7. The average Bonchev–Trinajstić information content (AvgIpc) is 4.28. The van der Waals surface area contributed by atoms with Gasteiger partial charge in [-0.3, -0.25) is 0 Å². The maximum atomic E-state index is 2.49. The number of benzene rings is 2. The predicted octanol–water partition coefficient (Wildman–Crippen LogP) is 24.9. The lowest BCUT2D eigenvalue weighted by molar-refractivity contribution is 0.667. The molecule has 2 aromatic carbocycles. The zero-order valence-electron chi connectivity index (χ0n) is 43.9. The molecule has 10 rings (SSSR count). The largest absolute Gasteiger partial charge is 0.140 e. The van der Waals surface area contributed by atoms with Crippen LogP contribution >= 0.6 is 90.7 Å². The topological polar surface area (TPSA) is 0 Å². The Morgan fingerprint density at radius 1 is 0.293 bits per heavy atom. The van der Waals surface area contributed by atoms with Gasteiger partial charge in [0.05, 0.1) is 0 Å². The van der Waals surface area contributed by atoms with Crippen molar-refractivity contribution >= 4 is 115 Å². The van der Waals surface area contributed by atoms with Crippen LogP contribution in [0.3, 0.4) is 0 Å². The molecule has 0 saturated carbocycles. The van der Waals surface area contributed by atoms with E-state index in [9.17, 15) is 0 Å². The summed E-state index contributed by atoms with van der Waals surface area (Å²) in [7, 11) is 0. The molecule has 0 radical (unpaired) electrons. The molecule has 0 fully saturated rings. The first-order chi connectivity index (χ1) is 36.9.